The van der Waals surface area contributed by atoms with Gasteiger partial charge in [0.1, 0.15) is 11.8 Å². The lowest BCUT2D eigenvalue weighted by Crippen LogP contribution is -2.38. The molecule has 0 heterocycles. The van der Waals surface area contributed by atoms with Crippen molar-refractivity contribution in [3.8, 4) is 5.75 Å². The van der Waals surface area contributed by atoms with Crippen LogP contribution in [0.1, 0.15) is 33.1 Å². The Morgan fingerprint density at radius 1 is 1.22 bits per heavy atom. The van der Waals surface area contributed by atoms with Crippen molar-refractivity contribution in [3.63, 3.8) is 0 Å². The van der Waals surface area contributed by atoms with Crippen LogP contribution < -0.4 is 15.4 Å². The summed E-state index contributed by atoms with van der Waals surface area (Å²) in [6.45, 7) is 3.14. The number of halogens is 3. The molecule has 0 fully saturated rings. The van der Waals surface area contributed by atoms with E-state index in [0.29, 0.717) is 12.2 Å². The number of anilines is 1. The summed E-state index contributed by atoms with van der Waals surface area (Å²) in [4.78, 5) is 11.9. The minimum Gasteiger partial charge on any atom is -0.484 e. The van der Waals surface area contributed by atoms with Gasteiger partial charge in [0.25, 0.3) is 0 Å². The summed E-state index contributed by atoms with van der Waals surface area (Å²) in [7, 11) is 0. The lowest BCUT2D eigenvalue weighted by molar-refractivity contribution is -0.153. The van der Waals surface area contributed by atoms with Crippen LogP contribution in [-0.4, -0.2) is 31.3 Å². The van der Waals surface area contributed by atoms with Crippen molar-refractivity contribution in [1.29, 1.82) is 0 Å². The predicted octanol–water partition coefficient (Wildman–Crippen LogP) is 3.73. The molecule has 7 heteroatoms. The second-order valence-corrected chi connectivity index (χ2v) is 5.29. The van der Waals surface area contributed by atoms with E-state index in [-0.39, 0.29) is 11.7 Å². The van der Waals surface area contributed by atoms with Crippen LogP contribution in [0.2, 0.25) is 0 Å². The third kappa shape index (κ3) is 8.32. The van der Waals surface area contributed by atoms with E-state index in [9.17, 15) is 18.0 Å². The van der Waals surface area contributed by atoms with E-state index in [2.05, 4.69) is 22.3 Å². The molecule has 0 bridgehead atoms. The monoisotopic (exact) mass is 332 g/mol. The minimum atomic E-state index is -4.36. The van der Waals surface area contributed by atoms with Crippen LogP contribution in [0, 0.1) is 0 Å². The van der Waals surface area contributed by atoms with E-state index < -0.39 is 18.8 Å². The quantitative estimate of drug-likeness (QED) is 0.678. The number of amides is 1. The normalized spacial score (nSPS) is 12.6. The lowest BCUT2D eigenvalue weighted by Gasteiger charge is -2.16. The first-order valence-corrected chi connectivity index (χ1v) is 7.65. The van der Waals surface area contributed by atoms with Crippen molar-refractivity contribution in [2.24, 2.45) is 0 Å². The maximum absolute atomic E-state index is 12.0. The highest BCUT2D eigenvalue weighted by atomic mass is 19.4. The first-order chi connectivity index (χ1) is 10.8. The second-order valence-electron chi connectivity index (χ2n) is 5.29. The molecular weight excluding hydrogens is 309 g/mol. The van der Waals surface area contributed by atoms with E-state index in [0.717, 1.165) is 19.3 Å². The number of benzene rings is 1. The number of ether oxygens (including phenoxy) is 1. The molecule has 1 atom stereocenters. The molecule has 1 amide bonds. The number of rotatable bonds is 9. The number of alkyl halides is 3. The Morgan fingerprint density at radius 2 is 1.87 bits per heavy atom. The van der Waals surface area contributed by atoms with Gasteiger partial charge in [-0.15, -0.1) is 0 Å². The van der Waals surface area contributed by atoms with Gasteiger partial charge in [-0.1, -0.05) is 19.8 Å². The van der Waals surface area contributed by atoms with E-state index in [1.54, 1.807) is 19.1 Å². The Hall–Kier alpha value is -1.92. The number of nitrogens with one attached hydrogen (secondary N) is 2. The Morgan fingerprint density at radius 3 is 2.43 bits per heavy atom. The molecule has 1 aromatic carbocycles. The Balaban J connectivity index is 2.40. The molecule has 130 valence electrons. The van der Waals surface area contributed by atoms with E-state index in [4.69, 9.17) is 0 Å². The van der Waals surface area contributed by atoms with Gasteiger partial charge in [0.2, 0.25) is 5.91 Å². The molecule has 2 N–H and O–H groups in total. The van der Waals surface area contributed by atoms with Crippen LogP contribution in [0.3, 0.4) is 0 Å². The summed E-state index contributed by atoms with van der Waals surface area (Å²) < 4.78 is 40.8. The van der Waals surface area contributed by atoms with Gasteiger partial charge >= 0.3 is 6.18 Å². The molecule has 1 aromatic rings. The van der Waals surface area contributed by atoms with Gasteiger partial charge in [0, 0.05) is 12.2 Å². The molecular formula is C16H23F3N2O2. The van der Waals surface area contributed by atoms with Crippen LogP contribution in [0.25, 0.3) is 0 Å². The predicted molar refractivity (Wildman–Crippen MR) is 83.6 cm³/mol. The molecule has 1 rings (SSSR count). The zero-order valence-electron chi connectivity index (χ0n) is 13.4. The summed E-state index contributed by atoms with van der Waals surface area (Å²) in [5.74, 6) is 0.0167. The molecule has 1 unspecified atom stereocenters. The topological polar surface area (TPSA) is 50.4 Å². The third-order valence-corrected chi connectivity index (χ3v) is 3.11. The van der Waals surface area contributed by atoms with Crippen molar-refractivity contribution in [2.45, 2.75) is 45.3 Å². The first kappa shape index (κ1) is 19.1. The number of hydrogen-bond donors (Lipinski definition) is 2. The summed E-state index contributed by atoms with van der Waals surface area (Å²) in [6, 6.07) is 5.58. The van der Waals surface area contributed by atoms with Gasteiger partial charge in [-0.2, -0.15) is 13.2 Å². The zero-order valence-corrected chi connectivity index (χ0v) is 13.4. The van der Waals surface area contributed by atoms with E-state index in [1.165, 1.54) is 12.1 Å². The molecule has 0 aliphatic rings. The molecule has 0 radical (unpaired) electrons. The minimum absolute atomic E-state index is 0.112. The number of carbonyl (C=O) groups is 1. The maximum atomic E-state index is 12.0. The van der Waals surface area contributed by atoms with Gasteiger partial charge in [-0.25, -0.2) is 0 Å². The number of unbranched alkanes of at least 4 members (excludes halogenated alkanes) is 2. The standard InChI is InChI=1S/C16H23F3N2O2/c1-3-4-5-10-20-15(22)12(2)21-13-6-8-14(9-7-13)23-11-16(17,18)19/h6-9,12,21H,3-5,10-11H2,1-2H3,(H,20,22). The molecule has 0 aliphatic carbocycles. The van der Waals surface area contributed by atoms with Crippen molar-refractivity contribution >= 4 is 11.6 Å². The molecule has 0 saturated heterocycles. The highest BCUT2D eigenvalue weighted by Crippen LogP contribution is 2.20. The van der Waals surface area contributed by atoms with Crippen molar-refractivity contribution in [3.05, 3.63) is 24.3 Å². The third-order valence-electron chi connectivity index (χ3n) is 3.11. The van der Waals surface area contributed by atoms with Gasteiger partial charge in [0.15, 0.2) is 6.61 Å². The SMILES string of the molecule is CCCCCNC(=O)C(C)Nc1ccc(OCC(F)(F)F)cc1. The smallest absolute Gasteiger partial charge is 0.422 e. The van der Waals surface area contributed by atoms with Gasteiger partial charge < -0.3 is 15.4 Å². The van der Waals surface area contributed by atoms with Crippen molar-refractivity contribution in [1.82, 2.24) is 5.32 Å². The van der Waals surface area contributed by atoms with Gasteiger partial charge in [0.05, 0.1) is 0 Å². The zero-order chi connectivity index (χ0) is 17.3. The molecule has 4 nitrogen and oxygen atoms in total. The van der Waals surface area contributed by atoms with E-state index >= 15 is 0 Å². The maximum Gasteiger partial charge on any atom is 0.422 e. The highest BCUT2D eigenvalue weighted by molar-refractivity contribution is 5.84. The van der Waals surface area contributed by atoms with Crippen LogP contribution in [0.15, 0.2) is 24.3 Å². The lowest BCUT2D eigenvalue weighted by atomic mass is 10.2. The Kier molecular flexibility index (Phi) is 7.71. The fraction of sp³-hybridized carbons (Fsp3) is 0.562. The molecule has 23 heavy (non-hydrogen) atoms. The highest BCUT2D eigenvalue weighted by Gasteiger charge is 2.28. The molecule has 0 aromatic heterocycles. The van der Waals surface area contributed by atoms with Gasteiger partial charge in [-0.3, -0.25) is 4.79 Å². The fourth-order valence-corrected chi connectivity index (χ4v) is 1.87. The second kappa shape index (κ2) is 9.27. The largest absolute Gasteiger partial charge is 0.484 e. The van der Waals surface area contributed by atoms with Crippen LogP contribution in [0.5, 0.6) is 5.75 Å². The number of hydrogen-bond acceptors (Lipinski definition) is 3. The van der Waals surface area contributed by atoms with Crippen molar-refractivity contribution in [2.75, 3.05) is 18.5 Å². The van der Waals surface area contributed by atoms with Gasteiger partial charge in [-0.05, 0) is 37.6 Å². The summed E-state index contributed by atoms with van der Waals surface area (Å²) in [5, 5.41) is 5.83. The average molecular weight is 332 g/mol. The van der Waals surface area contributed by atoms with Crippen LogP contribution in [0.4, 0.5) is 18.9 Å². The van der Waals surface area contributed by atoms with Crippen LogP contribution in [-0.2, 0) is 4.79 Å². The first-order valence-electron chi connectivity index (χ1n) is 7.65. The average Bonchev–Trinajstić information content (AvgIpc) is 2.50. The van der Waals surface area contributed by atoms with Crippen LogP contribution >= 0.6 is 0 Å². The summed E-state index contributed by atoms with van der Waals surface area (Å²) in [6.07, 6.45) is -1.25. The molecule has 0 aliphatic heterocycles. The summed E-state index contributed by atoms with van der Waals surface area (Å²) in [5.41, 5.74) is 0.639. The Bertz CT molecular complexity index is 475. The van der Waals surface area contributed by atoms with E-state index in [1.807, 2.05) is 0 Å². The fourth-order valence-electron chi connectivity index (χ4n) is 1.87. The molecule has 0 spiro atoms. The number of carbonyl (C=O) groups excluding carboxylic acids is 1. The Labute approximate surface area is 134 Å². The van der Waals surface area contributed by atoms with Crippen molar-refractivity contribution < 1.29 is 22.7 Å². The summed E-state index contributed by atoms with van der Waals surface area (Å²) >= 11 is 0. The molecule has 0 saturated carbocycles.